The molecule has 0 spiro atoms. The van der Waals surface area contributed by atoms with E-state index in [4.69, 9.17) is 14.5 Å². The first-order valence-corrected chi connectivity index (χ1v) is 9.12. The van der Waals surface area contributed by atoms with Crippen molar-refractivity contribution in [1.82, 2.24) is 14.9 Å². The van der Waals surface area contributed by atoms with E-state index in [1.54, 1.807) is 32.4 Å². The number of carbonyl (C=O) groups is 1. The number of fused-ring (bicyclic) bond motifs is 1. The summed E-state index contributed by atoms with van der Waals surface area (Å²) in [5.41, 5.74) is 2.72. The Morgan fingerprint density at radius 1 is 1.11 bits per heavy atom. The molecular formula is C21H25N3O3. The van der Waals surface area contributed by atoms with Crippen molar-refractivity contribution in [2.75, 3.05) is 20.8 Å². The minimum Gasteiger partial charge on any atom is -0.493 e. The topological polar surface area (TPSA) is 65.4 Å². The van der Waals surface area contributed by atoms with E-state index in [1.807, 2.05) is 18.2 Å². The molecule has 1 amide bonds. The van der Waals surface area contributed by atoms with Gasteiger partial charge in [-0.05, 0) is 43.7 Å². The second kappa shape index (κ2) is 8.58. The monoisotopic (exact) mass is 367 g/mol. The Morgan fingerprint density at radius 3 is 2.63 bits per heavy atom. The lowest BCUT2D eigenvalue weighted by Gasteiger charge is -2.10. The number of ether oxygens (including phenoxy) is 2. The van der Waals surface area contributed by atoms with Crippen LogP contribution in [0.3, 0.4) is 0 Å². The number of nitrogens with zero attached hydrogens (tertiary/aromatic N) is 2. The highest BCUT2D eigenvalue weighted by atomic mass is 16.5. The summed E-state index contributed by atoms with van der Waals surface area (Å²) in [5, 5.41) is 2.96. The van der Waals surface area contributed by atoms with Gasteiger partial charge in [0.25, 0.3) is 5.91 Å². The van der Waals surface area contributed by atoms with Gasteiger partial charge in [0.2, 0.25) is 0 Å². The van der Waals surface area contributed by atoms with Gasteiger partial charge in [-0.15, -0.1) is 0 Å². The van der Waals surface area contributed by atoms with Crippen molar-refractivity contribution < 1.29 is 14.3 Å². The number of para-hydroxylation sites is 2. The lowest BCUT2D eigenvalue weighted by Crippen LogP contribution is -2.25. The molecular weight excluding hydrogens is 342 g/mol. The highest BCUT2D eigenvalue weighted by molar-refractivity contribution is 5.94. The quantitative estimate of drug-likeness (QED) is 0.620. The van der Waals surface area contributed by atoms with Crippen LogP contribution in [0.4, 0.5) is 0 Å². The van der Waals surface area contributed by atoms with E-state index < -0.39 is 0 Å². The van der Waals surface area contributed by atoms with Crippen LogP contribution in [0.2, 0.25) is 0 Å². The Kier molecular flexibility index (Phi) is 5.96. The molecule has 0 aliphatic heterocycles. The highest BCUT2D eigenvalue weighted by Gasteiger charge is 2.11. The van der Waals surface area contributed by atoms with Crippen LogP contribution in [-0.4, -0.2) is 36.2 Å². The zero-order valence-electron chi connectivity index (χ0n) is 16.0. The fraction of sp³-hybridized carbons (Fsp3) is 0.333. The van der Waals surface area contributed by atoms with Gasteiger partial charge in [0.05, 0.1) is 25.3 Å². The van der Waals surface area contributed by atoms with Crippen LogP contribution in [0.1, 0.15) is 29.5 Å². The summed E-state index contributed by atoms with van der Waals surface area (Å²) in [6.07, 6.45) is 1.64. The maximum atomic E-state index is 12.4. The fourth-order valence-corrected chi connectivity index (χ4v) is 3.20. The smallest absolute Gasteiger partial charge is 0.251 e. The number of rotatable bonds is 8. The van der Waals surface area contributed by atoms with Gasteiger partial charge in [0, 0.05) is 25.1 Å². The third-order valence-corrected chi connectivity index (χ3v) is 4.56. The SMILES string of the molecule is CCn1c(CCCNC(=O)c2ccc(OC)c(OC)c2)nc2ccccc21. The number of hydrogen-bond donors (Lipinski definition) is 1. The van der Waals surface area contributed by atoms with E-state index in [0.29, 0.717) is 23.6 Å². The van der Waals surface area contributed by atoms with E-state index in [0.717, 1.165) is 36.2 Å². The molecule has 6 heteroatoms. The van der Waals surface area contributed by atoms with Gasteiger partial charge in [-0.2, -0.15) is 0 Å². The van der Waals surface area contributed by atoms with Crippen molar-refractivity contribution in [3.05, 3.63) is 53.9 Å². The summed E-state index contributed by atoms with van der Waals surface area (Å²) >= 11 is 0. The number of carbonyl (C=O) groups excluding carboxylic acids is 1. The minimum absolute atomic E-state index is 0.125. The second-order valence-corrected chi connectivity index (χ2v) is 6.19. The first kappa shape index (κ1) is 18.8. The summed E-state index contributed by atoms with van der Waals surface area (Å²) in [5.74, 6) is 2.08. The Labute approximate surface area is 159 Å². The number of aryl methyl sites for hydroxylation is 2. The van der Waals surface area contributed by atoms with E-state index in [1.165, 1.54) is 0 Å². The Bertz CT molecular complexity index is 934. The normalized spacial score (nSPS) is 10.8. The zero-order valence-corrected chi connectivity index (χ0v) is 16.0. The molecule has 0 saturated heterocycles. The zero-order chi connectivity index (χ0) is 19.2. The fourth-order valence-electron chi connectivity index (χ4n) is 3.20. The largest absolute Gasteiger partial charge is 0.493 e. The predicted octanol–water partition coefficient (Wildman–Crippen LogP) is 3.44. The molecule has 27 heavy (non-hydrogen) atoms. The van der Waals surface area contributed by atoms with Crippen molar-refractivity contribution in [2.24, 2.45) is 0 Å². The first-order chi connectivity index (χ1) is 13.2. The molecule has 3 rings (SSSR count). The van der Waals surface area contributed by atoms with Crippen LogP contribution < -0.4 is 14.8 Å². The molecule has 142 valence electrons. The first-order valence-electron chi connectivity index (χ1n) is 9.12. The third kappa shape index (κ3) is 4.05. The molecule has 0 fully saturated rings. The van der Waals surface area contributed by atoms with Crippen molar-refractivity contribution in [1.29, 1.82) is 0 Å². The summed E-state index contributed by atoms with van der Waals surface area (Å²) in [4.78, 5) is 17.1. The van der Waals surface area contributed by atoms with Crippen LogP contribution in [0.15, 0.2) is 42.5 Å². The number of methoxy groups -OCH3 is 2. The van der Waals surface area contributed by atoms with Crippen molar-refractivity contribution in [3.8, 4) is 11.5 Å². The molecule has 0 aliphatic rings. The number of benzene rings is 2. The predicted molar refractivity (Wildman–Crippen MR) is 106 cm³/mol. The van der Waals surface area contributed by atoms with Crippen LogP contribution in [-0.2, 0) is 13.0 Å². The number of amides is 1. The average molecular weight is 367 g/mol. The highest BCUT2D eigenvalue weighted by Crippen LogP contribution is 2.27. The molecule has 2 aromatic carbocycles. The van der Waals surface area contributed by atoms with Crippen molar-refractivity contribution in [2.45, 2.75) is 26.3 Å². The van der Waals surface area contributed by atoms with Gasteiger partial charge in [-0.25, -0.2) is 4.98 Å². The lowest BCUT2D eigenvalue weighted by molar-refractivity contribution is 0.0952. The summed E-state index contributed by atoms with van der Waals surface area (Å²) < 4.78 is 12.7. The molecule has 0 aliphatic carbocycles. The van der Waals surface area contributed by atoms with Crippen LogP contribution in [0, 0.1) is 0 Å². The van der Waals surface area contributed by atoms with E-state index in [2.05, 4.69) is 22.9 Å². The van der Waals surface area contributed by atoms with Crippen LogP contribution in [0.25, 0.3) is 11.0 Å². The van der Waals surface area contributed by atoms with Crippen molar-refractivity contribution >= 4 is 16.9 Å². The molecule has 0 atom stereocenters. The molecule has 0 unspecified atom stereocenters. The Hall–Kier alpha value is -3.02. The molecule has 6 nitrogen and oxygen atoms in total. The van der Waals surface area contributed by atoms with Gasteiger partial charge in [-0.3, -0.25) is 4.79 Å². The van der Waals surface area contributed by atoms with Gasteiger partial charge in [-0.1, -0.05) is 12.1 Å². The summed E-state index contributed by atoms with van der Waals surface area (Å²) in [6, 6.07) is 13.3. The van der Waals surface area contributed by atoms with Crippen LogP contribution in [0.5, 0.6) is 11.5 Å². The average Bonchev–Trinajstić information content (AvgIpc) is 3.07. The van der Waals surface area contributed by atoms with Gasteiger partial charge in [0.1, 0.15) is 5.82 Å². The molecule has 1 N–H and O–H groups in total. The molecule has 1 aromatic heterocycles. The van der Waals surface area contributed by atoms with E-state index in [9.17, 15) is 4.79 Å². The Balaban J connectivity index is 1.58. The van der Waals surface area contributed by atoms with Gasteiger partial charge >= 0.3 is 0 Å². The van der Waals surface area contributed by atoms with Gasteiger partial charge < -0.3 is 19.4 Å². The second-order valence-electron chi connectivity index (χ2n) is 6.19. The van der Waals surface area contributed by atoms with E-state index >= 15 is 0 Å². The summed E-state index contributed by atoms with van der Waals surface area (Å²) in [6.45, 7) is 3.59. The Morgan fingerprint density at radius 2 is 1.89 bits per heavy atom. The third-order valence-electron chi connectivity index (χ3n) is 4.56. The minimum atomic E-state index is -0.125. The maximum absolute atomic E-state index is 12.4. The molecule has 0 radical (unpaired) electrons. The maximum Gasteiger partial charge on any atom is 0.251 e. The molecule has 0 bridgehead atoms. The molecule has 1 heterocycles. The van der Waals surface area contributed by atoms with Crippen molar-refractivity contribution in [3.63, 3.8) is 0 Å². The molecule has 0 saturated carbocycles. The number of imidazole rings is 1. The van der Waals surface area contributed by atoms with Crippen LogP contribution >= 0.6 is 0 Å². The number of hydrogen-bond acceptors (Lipinski definition) is 4. The number of nitrogens with one attached hydrogen (secondary N) is 1. The van der Waals surface area contributed by atoms with Gasteiger partial charge in [0.15, 0.2) is 11.5 Å². The summed E-state index contributed by atoms with van der Waals surface area (Å²) in [7, 11) is 3.13. The lowest BCUT2D eigenvalue weighted by atomic mass is 10.2. The number of aromatic nitrogens is 2. The standard InChI is InChI=1S/C21H25N3O3/c1-4-24-17-9-6-5-8-16(17)23-20(24)10-7-13-22-21(25)15-11-12-18(26-2)19(14-15)27-3/h5-6,8-9,11-12,14H,4,7,10,13H2,1-3H3,(H,22,25). The van der Waals surface area contributed by atoms with E-state index in [-0.39, 0.29) is 5.91 Å². The molecule has 3 aromatic rings.